The van der Waals surface area contributed by atoms with Crippen LogP contribution in [0.5, 0.6) is 5.75 Å². The lowest BCUT2D eigenvalue weighted by atomic mass is 10.2. The average molecular weight is 416 g/mol. The summed E-state index contributed by atoms with van der Waals surface area (Å²) in [6.07, 6.45) is -1.11. The summed E-state index contributed by atoms with van der Waals surface area (Å²) in [6, 6.07) is 7.61. The number of esters is 1. The highest BCUT2D eigenvalue weighted by Gasteiger charge is 2.20. The van der Waals surface area contributed by atoms with Gasteiger partial charge in [0.2, 0.25) is 0 Å². The Morgan fingerprint density at radius 2 is 1.96 bits per heavy atom. The van der Waals surface area contributed by atoms with E-state index in [1.54, 1.807) is 12.1 Å². The molecule has 1 N–H and O–H groups in total. The Morgan fingerprint density at radius 1 is 1.22 bits per heavy atom. The maximum Gasteiger partial charge on any atom is 0.317 e. The third kappa shape index (κ3) is 6.11. The quantitative estimate of drug-likeness (QED) is 0.540. The summed E-state index contributed by atoms with van der Waals surface area (Å²) in [6.45, 7) is 1.39. The smallest absolute Gasteiger partial charge is 0.317 e. The number of carbonyl (C=O) groups is 2. The van der Waals surface area contributed by atoms with Gasteiger partial charge in [-0.3, -0.25) is 9.59 Å². The van der Waals surface area contributed by atoms with Gasteiger partial charge in [-0.1, -0.05) is 11.6 Å². The van der Waals surface area contributed by atoms with Gasteiger partial charge >= 0.3 is 5.97 Å². The van der Waals surface area contributed by atoms with Gasteiger partial charge in [0.25, 0.3) is 5.91 Å². The SMILES string of the molecule is COc1ccc(Cl)cc1NC(=O)[C@@H](C)OC(=O)CSc1cc(F)ccc1F. The number of anilines is 1. The van der Waals surface area contributed by atoms with Gasteiger partial charge in [0.15, 0.2) is 6.10 Å². The Labute approximate surface area is 164 Å². The lowest BCUT2D eigenvalue weighted by molar-refractivity contribution is -0.150. The molecule has 0 radical (unpaired) electrons. The number of rotatable bonds is 7. The van der Waals surface area contributed by atoms with E-state index in [1.807, 2.05) is 0 Å². The van der Waals surface area contributed by atoms with Crippen molar-refractivity contribution in [1.82, 2.24) is 0 Å². The molecule has 0 aliphatic carbocycles. The number of thioether (sulfide) groups is 1. The van der Waals surface area contributed by atoms with Gasteiger partial charge in [0.05, 0.1) is 18.6 Å². The number of hydrogen-bond acceptors (Lipinski definition) is 5. The number of carbonyl (C=O) groups excluding carboxylic acids is 2. The van der Waals surface area contributed by atoms with Crippen molar-refractivity contribution in [3.8, 4) is 5.75 Å². The molecule has 1 amide bonds. The van der Waals surface area contributed by atoms with Gasteiger partial charge < -0.3 is 14.8 Å². The molecule has 2 rings (SSSR count). The molecule has 0 aliphatic heterocycles. The minimum atomic E-state index is -1.11. The second kappa shape index (κ2) is 9.57. The van der Waals surface area contributed by atoms with Gasteiger partial charge in [-0.05, 0) is 43.3 Å². The molecule has 5 nitrogen and oxygen atoms in total. The third-order valence-electron chi connectivity index (χ3n) is 3.34. The predicted octanol–water partition coefficient (Wildman–Crippen LogP) is 4.29. The van der Waals surface area contributed by atoms with E-state index >= 15 is 0 Å². The number of ether oxygens (including phenoxy) is 2. The van der Waals surface area contributed by atoms with E-state index in [0.29, 0.717) is 16.5 Å². The van der Waals surface area contributed by atoms with E-state index in [9.17, 15) is 18.4 Å². The highest BCUT2D eigenvalue weighted by molar-refractivity contribution is 8.00. The molecule has 1 atom stereocenters. The first-order chi connectivity index (χ1) is 12.8. The molecular formula is C18H16ClF2NO4S. The monoisotopic (exact) mass is 415 g/mol. The van der Waals surface area contributed by atoms with Gasteiger partial charge in [0.1, 0.15) is 17.4 Å². The van der Waals surface area contributed by atoms with Crippen LogP contribution in [0.25, 0.3) is 0 Å². The Bertz CT molecular complexity index is 850. The fourth-order valence-electron chi connectivity index (χ4n) is 2.02. The zero-order chi connectivity index (χ0) is 20.0. The summed E-state index contributed by atoms with van der Waals surface area (Å²) in [5.41, 5.74) is 0.328. The fraction of sp³-hybridized carbons (Fsp3) is 0.222. The lowest BCUT2D eigenvalue weighted by Gasteiger charge is -2.15. The second-order valence-corrected chi connectivity index (χ2v) is 6.78. The first-order valence-corrected chi connectivity index (χ1v) is 9.08. The Hall–Kier alpha value is -2.32. The zero-order valence-corrected chi connectivity index (χ0v) is 16.0. The fourth-order valence-corrected chi connectivity index (χ4v) is 2.94. The molecule has 0 saturated carbocycles. The normalized spacial score (nSPS) is 11.6. The molecule has 0 aliphatic rings. The minimum absolute atomic E-state index is 0.0206. The topological polar surface area (TPSA) is 64.6 Å². The molecule has 144 valence electrons. The minimum Gasteiger partial charge on any atom is -0.495 e. The van der Waals surface area contributed by atoms with E-state index in [4.69, 9.17) is 21.1 Å². The van der Waals surface area contributed by atoms with Crippen LogP contribution in [-0.4, -0.2) is 30.8 Å². The summed E-state index contributed by atoms with van der Waals surface area (Å²) in [5, 5.41) is 2.95. The van der Waals surface area contributed by atoms with Gasteiger partial charge in [-0.2, -0.15) is 0 Å². The Morgan fingerprint density at radius 3 is 2.67 bits per heavy atom. The molecular weight excluding hydrogens is 400 g/mol. The van der Waals surface area contributed by atoms with Crippen molar-refractivity contribution >= 4 is 40.9 Å². The predicted molar refractivity (Wildman–Crippen MR) is 99.3 cm³/mol. The van der Waals surface area contributed by atoms with Crippen molar-refractivity contribution in [2.24, 2.45) is 0 Å². The van der Waals surface area contributed by atoms with Crippen molar-refractivity contribution in [3.05, 3.63) is 53.1 Å². The van der Waals surface area contributed by atoms with Crippen LogP contribution in [0.3, 0.4) is 0 Å². The van der Waals surface area contributed by atoms with E-state index in [0.717, 1.165) is 30.0 Å². The first-order valence-electron chi connectivity index (χ1n) is 7.72. The molecule has 2 aromatic rings. The Kier molecular flexibility index (Phi) is 7.44. The highest BCUT2D eigenvalue weighted by atomic mass is 35.5. The van der Waals surface area contributed by atoms with Crippen LogP contribution >= 0.6 is 23.4 Å². The van der Waals surface area contributed by atoms with Crippen LogP contribution in [0.15, 0.2) is 41.3 Å². The van der Waals surface area contributed by atoms with Crippen LogP contribution in [0.1, 0.15) is 6.92 Å². The Balaban J connectivity index is 1.91. The summed E-state index contributed by atoms with van der Waals surface area (Å²) in [4.78, 5) is 24.0. The molecule has 0 fully saturated rings. The van der Waals surface area contributed by atoms with Crippen LogP contribution < -0.4 is 10.1 Å². The molecule has 0 bridgehead atoms. The van der Waals surface area contributed by atoms with Crippen molar-refractivity contribution < 1.29 is 27.8 Å². The van der Waals surface area contributed by atoms with Crippen LogP contribution in [-0.2, 0) is 14.3 Å². The van der Waals surface area contributed by atoms with E-state index in [1.165, 1.54) is 20.1 Å². The molecule has 0 aromatic heterocycles. The maximum absolute atomic E-state index is 13.5. The number of amides is 1. The van der Waals surface area contributed by atoms with Crippen molar-refractivity contribution in [1.29, 1.82) is 0 Å². The number of methoxy groups -OCH3 is 1. The summed E-state index contributed by atoms with van der Waals surface area (Å²) >= 11 is 6.67. The van der Waals surface area contributed by atoms with E-state index in [2.05, 4.69) is 5.32 Å². The summed E-state index contributed by atoms with van der Waals surface area (Å²) < 4.78 is 36.8. The van der Waals surface area contributed by atoms with Crippen molar-refractivity contribution in [3.63, 3.8) is 0 Å². The number of hydrogen-bond donors (Lipinski definition) is 1. The average Bonchev–Trinajstić information content (AvgIpc) is 2.62. The van der Waals surface area contributed by atoms with Crippen molar-refractivity contribution in [2.75, 3.05) is 18.2 Å². The van der Waals surface area contributed by atoms with Crippen LogP contribution in [0, 0.1) is 11.6 Å². The third-order valence-corrected chi connectivity index (χ3v) is 4.57. The number of benzene rings is 2. The second-order valence-electron chi connectivity index (χ2n) is 5.33. The summed E-state index contributed by atoms with van der Waals surface area (Å²) in [5.74, 6) is -2.49. The van der Waals surface area contributed by atoms with Crippen molar-refractivity contribution in [2.45, 2.75) is 17.9 Å². The molecule has 0 unspecified atom stereocenters. The molecule has 0 spiro atoms. The highest BCUT2D eigenvalue weighted by Crippen LogP contribution is 2.28. The standard InChI is InChI=1S/C18H16ClF2NO4S/c1-10(18(24)22-14-7-11(19)3-6-15(14)25-2)26-17(23)9-27-16-8-12(20)4-5-13(16)21/h3-8,10H,9H2,1-2H3,(H,22,24)/t10-/m1/s1. The number of halogens is 3. The molecule has 2 aromatic carbocycles. The molecule has 9 heteroatoms. The van der Waals surface area contributed by atoms with Crippen LogP contribution in [0.2, 0.25) is 5.02 Å². The van der Waals surface area contributed by atoms with Gasteiger partial charge in [-0.15, -0.1) is 11.8 Å². The lowest BCUT2D eigenvalue weighted by Crippen LogP contribution is -2.30. The molecule has 0 heterocycles. The van der Waals surface area contributed by atoms with Crippen LogP contribution in [0.4, 0.5) is 14.5 Å². The molecule has 27 heavy (non-hydrogen) atoms. The zero-order valence-electron chi connectivity index (χ0n) is 14.4. The van der Waals surface area contributed by atoms with Gasteiger partial charge in [-0.25, -0.2) is 8.78 Å². The van der Waals surface area contributed by atoms with Gasteiger partial charge in [0, 0.05) is 9.92 Å². The molecule has 0 saturated heterocycles. The van der Waals surface area contributed by atoms with E-state index in [-0.39, 0.29) is 10.6 Å². The largest absolute Gasteiger partial charge is 0.495 e. The summed E-state index contributed by atoms with van der Waals surface area (Å²) in [7, 11) is 1.44. The van der Waals surface area contributed by atoms with E-state index < -0.39 is 29.6 Å². The maximum atomic E-state index is 13.5. The number of nitrogens with one attached hydrogen (secondary N) is 1. The first kappa shape index (κ1) is 21.0.